The molecular formula is C72H80F2N20O5S2. The molecule has 0 bridgehead atoms. The van der Waals surface area contributed by atoms with E-state index >= 15 is 0 Å². The van der Waals surface area contributed by atoms with Crippen molar-refractivity contribution in [1.29, 1.82) is 10.5 Å². The lowest BCUT2D eigenvalue weighted by atomic mass is 9.98. The maximum atomic E-state index is 13.5. The fourth-order valence-electron chi connectivity index (χ4n) is 12.1. The van der Waals surface area contributed by atoms with E-state index in [1.165, 1.54) is 46.9 Å². The number of fused-ring (bicyclic) bond motifs is 2. The van der Waals surface area contributed by atoms with Gasteiger partial charge in [0.05, 0.1) is 23.2 Å². The number of nitrogens with two attached hydrogens (primary N) is 1. The van der Waals surface area contributed by atoms with E-state index in [1.807, 2.05) is 119 Å². The van der Waals surface area contributed by atoms with Crippen LogP contribution in [-0.4, -0.2) is 161 Å². The Kier molecular flexibility index (Phi) is 21.9. The monoisotopic (exact) mass is 1410 g/mol. The SMILES string of the molecule is C.CC(C)(C)OC(=O)N1CCC(N)CC1.CCc1nc2ccc(-c3cnc(N4CC(C(=O)NC5CCNCC5)C4)nc3)cn2c1N(C)c1nc(-c2ccc(F)cc2)c(C#N)s1.CCc1nc2ccc(-c3cnc(N4CC(C(=O)O)C4)nc3)cn2c1N(C)c1nc(-c2ccc(F)cc2)c(C#N)s1. The van der Waals surface area contributed by atoms with Gasteiger partial charge < -0.3 is 50.7 Å². The Morgan fingerprint density at radius 1 is 0.644 bits per heavy atom. The first-order valence-electron chi connectivity index (χ1n) is 33.1. The third-order valence-corrected chi connectivity index (χ3v) is 19.8. The number of aromatic nitrogens is 10. The molecule has 4 aliphatic rings. The number of imidazole rings is 2. The molecule has 0 atom stereocenters. The zero-order chi connectivity index (χ0) is 70.5. The molecule has 524 valence electrons. The van der Waals surface area contributed by atoms with E-state index in [2.05, 4.69) is 49.6 Å². The number of benzene rings is 2. The lowest BCUT2D eigenvalue weighted by molar-refractivity contribution is -0.142. The number of ether oxygens (including phenoxy) is 1. The Morgan fingerprint density at radius 3 is 1.46 bits per heavy atom. The maximum absolute atomic E-state index is 13.5. The Hall–Kier alpha value is -10.6. The van der Waals surface area contributed by atoms with Crippen LogP contribution in [0.4, 0.5) is 47.4 Å². The van der Waals surface area contributed by atoms with Crippen molar-refractivity contribution in [2.45, 2.75) is 98.3 Å². The quantitative estimate of drug-likeness (QED) is 0.0741. The van der Waals surface area contributed by atoms with Gasteiger partial charge in [-0.05, 0) is 145 Å². The number of piperidine rings is 2. The zero-order valence-electron chi connectivity index (χ0n) is 56.4. The predicted octanol–water partition coefficient (Wildman–Crippen LogP) is 11.3. The van der Waals surface area contributed by atoms with Crippen LogP contribution in [0.1, 0.15) is 88.9 Å². The third-order valence-electron chi connectivity index (χ3n) is 17.7. The highest BCUT2D eigenvalue weighted by atomic mass is 32.1. The van der Waals surface area contributed by atoms with Crippen LogP contribution in [0.2, 0.25) is 0 Å². The van der Waals surface area contributed by atoms with E-state index in [1.54, 1.807) is 41.6 Å². The van der Waals surface area contributed by atoms with Crippen LogP contribution in [0.15, 0.2) is 110 Å². The van der Waals surface area contributed by atoms with Gasteiger partial charge in [-0.1, -0.05) is 43.9 Å². The number of amides is 2. The van der Waals surface area contributed by atoms with E-state index in [-0.39, 0.29) is 55.0 Å². The number of nitrogens with zero attached hydrogens (tertiary/aromatic N) is 17. The van der Waals surface area contributed by atoms with E-state index in [4.69, 9.17) is 35.5 Å². The zero-order valence-corrected chi connectivity index (χ0v) is 58.1. The largest absolute Gasteiger partial charge is 0.481 e. The van der Waals surface area contributed by atoms with Crippen LogP contribution in [-0.2, 0) is 27.2 Å². The first-order valence-corrected chi connectivity index (χ1v) is 34.7. The smallest absolute Gasteiger partial charge is 0.410 e. The minimum atomic E-state index is -0.804. The van der Waals surface area contributed by atoms with Crippen LogP contribution >= 0.6 is 22.7 Å². The molecular weight excluding hydrogens is 1330 g/mol. The summed E-state index contributed by atoms with van der Waals surface area (Å²) in [5.74, 6) is 0.977. The van der Waals surface area contributed by atoms with Crippen molar-refractivity contribution in [3.63, 3.8) is 0 Å². The van der Waals surface area contributed by atoms with Gasteiger partial charge in [0.1, 0.15) is 73.4 Å². The van der Waals surface area contributed by atoms with Gasteiger partial charge in [0.15, 0.2) is 10.3 Å². The van der Waals surface area contributed by atoms with Gasteiger partial charge in [0.25, 0.3) is 0 Å². The molecule has 12 heterocycles. The van der Waals surface area contributed by atoms with Crippen molar-refractivity contribution in [2.24, 2.45) is 17.6 Å². The number of aryl methyl sites for hydroxylation is 2. The fourth-order valence-corrected chi connectivity index (χ4v) is 13.8. The van der Waals surface area contributed by atoms with Gasteiger partial charge >= 0.3 is 12.1 Å². The van der Waals surface area contributed by atoms with Gasteiger partial charge in [0, 0.05) is 136 Å². The van der Waals surface area contributed by atoms with E-state index in [0.29, 0.717) is 93.4 Å². The van der Waals surface area contributed by atoms with Gasteiger partial charge in [-0.25, -0.2) is 53.4 Å². The van der Waals surface area contributed by atoms with Crippen molar-refractivity contribution in [3.05, 3.63) is 143 Å². The molecule has 2 aromatic carbocycles. The molecule has 5 N–H and O–H groups in total. The second kappa shape index (κ2) is 30.9. The highest BCUT2D eigenvalue weighted by molar-refractivity contribution is 7.17. The number of anilines is 6. The standard InChI is InChI=1S/C33H33FN10OS.C28H23FN8O2S.C10H20N2O2.CH4/c1-3-26-31(42(2)33-41-29(27(14-35)46-33)20-4-7-24(34)8-5-20)44-19-21(6-9-28(44)40-26)22-15-37-32(38-16-22)43-17-23(18-43)30(45)39-25-10-12-36-13-11-25;1-3-21-25(35(2)28-34-24(22(10-30)40-28)16-4-7-20(29)8-5-16)37-15-17(6-9-23(37)33-21)18-11-31-27(32-12-18)36-13-19(14-36)26(38)39;1-10(2,3)14-9(13)12-6-4-8(11)5-7-12;/h4-9,15-16,19,23,25,36H,3,10-13,17-18H2,1-2H3,(H,39,45);4-9,11-12,15,19H,3,13-14H2,1-2H3,(H,38,39);8H,4-7,11H2,1-3H3;1H4. The summed E-state index contributed by atoms with van der Waals surface area (Å²) in [5, 5.41) is 36.5. The van der Waals surface area contributed by atoms with Crippen LogP contribution < -0.4 is 36.0 Å². The van der Waals surface area contributed by atoms with Gasteiger partial charge in [-0.2, -0.15) is 10.5 Å². The predicted molar refractivity (Wildman–Crippen MR) is 387 cm³/mol. The summed E-state index contributed by atoms with van der Waals surface area (Å²) >= 11 is 2.55. The molecule has 0 saturated carbocycles. The fraction of sp³-hybridized carbons (Fsp3) is 0.375. The number of carbonyl (C=O) groups is 3. The second-order valence-corrected chi connectivity index (χ2v) is 27.8. The normalized spacial score (nSPS) is 15.0. The van der Waals surface area contributed by atoms with Crippen molar-refractivity contribution in [3.8, 4) is 56.9 Å². The molecule has 29 heteroatoms. The number of pyridine rings is 2. The van der Waals surface area contributed by atoms with Crippen molar-refractivity contribution in [2.75, 3.05) is 86.1 Å². The summed E-state index contributed by atoms with van der Waals surface area (Å²) < 4.78 is 36.3. The van der Waals surface area contributed by atoms with Crippen LogP contribution in [0.5, 0.6) is 0 Å². The van der Waals surface area contributed by atoms with Crippen LogP contribution in [0.25, 0.3) is 56.1 Å². The van der Waals surface area contributed by atoms with Gasteiger partial charge in [0.2, 0.25) is 17.8 Å². The molecule has 4 saturated heterocycles. The lowest BCUT2D eigenvalue weighted by Crippen LogP contribution is -2.56. The number of nitrogens with one attached hydrogen (secondary N) is 2. The first-order chi connectivity index (χ1) is 48.1. The number of hydrogen-bond donors (Lipinski definition) is 4. The summed E-state index contributed by atoms with van der Waals surface area (Å²) in [7, 11) is 3.80. The summed E-state index contributed by atoms with van der Waals surface area (Å²) in [6.07, 6.45) is 15.9. The number of likely N-dealkylation sites (tertiary alicyclic amines) is 1. The maximum Gasteiger partial charge on any atom is 0.410 e. The number of thiazole rings is 2. The highest BCUT2D eigenvalue weighted by Crippen LogP contribution is 2.40. The number of hydrogen-bond acceptors (Lipinski definition) is 22. The third kappa shape index (κ3) is 16.0. The molecule has 4 aliphatic heterocycles. The van der Waals surface area contributed by atoms with E-state index < -0.39 is 11.6 Å². The minimum Gasteiger partial charge on any atom is -0.481 e. The molecule has 2 amide bonds. The van der Waals surface area contributed by atoms with Gasteiger partial charge in [-0.15, -0.1) is 0 Å². The lowest BCUT2D eigenvalue weighted by Gasteiger charge is -2.39. The van der Waals surface area contributed by atoms with Gasteiger partial charge in [-0.3, -0.25) is 18.4 Å². The van der Waals surface area contributed by atoms with E-state index in [9.17, 15) is 33.7 Å². The average Bonchev–Trinajstić information content (AvgIpc) is 1.59. The Balaban J connectivity index is 0.000000171. The number of carbonyl (C=O) groups excluding carboxylic acids is 2. The number of carboxylic acids is 1. The molecule has 0 aliphatic carbocycles. The Bertz CT molecular complexity index is 4670. The topological polar surface area (TPSA) is 306 Å². The molecule has 4 fully saturated rings. The molecule has 101 heavy (non-hydrogen) atoms. The van der Waals surface area contributed by atoms with E-state index in [0.717, 1.165) is 108 Å². The number of halogens is 2. The molecule has 0 unspecified atom stereocenters. The Morgan fingerprint density at radius 2 is 1.06 bits per heavy atom. The minimum absolute atomic E-state index is 0. The van der Waals surface area contributed by atoms with Crippen molar-refractivity contribution < 1.29 is 33.0 Å². The highest BCUT2D eigenvalue weighted by Gasteiger charge is 2.37. The molecule has 8 aromatic heterocycles. The summed E-state index contributed by atoms with van der Waals surface area (Å²) in [5.41, 5.74) is 14.5. The van der Waals surface area contributed by atoms with Crippen molar-refractivity contribution in [1.82, 2.24) is 64.2 Å². The summed E-state index contributed by atoms with van der Waals surface area (Å²) in [6.45, 7) is 15.1. The van der Waals surface area contributed by atoms with Crippen LogP contribution in [0, 0.1) is 46.1 Å². The second-order valence-electron chi connectivity index (χ2n) is 25.9. The molecule has 0 spiro atoms. The molecule has 14 rings (SSSR count). The summed E-state index contributed by atoms with van der Waals surface area (Å²) in [6, 6.07) is 24.8. The molecule has 10 aromatic rings. The summed E-state index contributed by atoms with van der Waals surface area (Å²) in [4.78, 5) is 83.1. The first kappa shape index (κ1) is 71.7. The average molecular weight is 1410 g/mol. The number of nitriles is 2. The number of aliphatic carboxylic acids is 1. The Labute approximate surface area is 592 Å². The number of carboxylic acid groups (broad SMARTS) is 1. The van der Waals surface area contributed by atoms with Crippen LogP contribution in [0.3, 0.4) is 0 Å². The molecule has 0 radical (unpaired) electrons. The molecule has 25 nitrogen and oxygen atoms in total. The van der Waals surface area contributed by atoms with Crippen molar-refractivity contribution >= 4 is 85.7 Å². The number of rotatable bonds is 15.